The molecular formula is C15H14BrFN2O. The molecule has 0 aliphatic heterocycles. The quantitative estimate of drug-likeness (QED) is 0.882. The molecule has 2 aromatic carbocycles. The molecule has 2 N–H and O–H groups in total. The maximum atomic E-state index is 13.6. The highest BCUT2D eigenvalue weighted by Crippen LogP contribution is 2.23. The van der Waals surface area contributed by atoms with Gasteiger partial charge in [0.05, 0.1) is 11.3 Å². The van der Waals surface area contributed by atoms with Gasteiger partial charge in [-0.25, -0.2) is 4.39 Å². The minimum atomic E-state index is -0.453. The summed E-state index contributed by atoms with van der Waals surface area (Å²) in [6.07, 6.45) is 0. The van der Waals surface area contributed by atoms with Crippen LogP contribution in [0.25, 0.3) is 0 Å². The van der Waals surface area contributed by atoms with Crippen LogP contribution in [-0.2, 0) is 0 Å². The number of carbonyl (C=O) groups excluding carboxylic acids is 1. The Balaban J connectivity index is 2.28. The van der Waals surface area contributed by atoms with Gasteiger partial charge in [-0.15, -0.1) is 0 Å². The zero-order chi connectivity index (χ0) is 14.7. The molecule has 5 heteroatoms. The van der Waals surface area contributed by atoms with Crippen molar-refractivity contribution in [3.05, 3.63) is 57.8 Å². The molecule has 2 rings (SSSR count). The fourth-order valence-corrected chi connectivity index (χ4v) is 2.22. The molecule has 0 aliphatic carbocycles. The standard InChI is InChI=1S/C15H14BrFN2O/c1-9-6-7-10(8-12(9)16)19-15(20)11-4-3-5-13(17)14(11)18-2/h3-8,18H,1-2H3,(H,19,20). The topological polar surface area (TPSA) is 41.1 Å². The monoisotopic (exact) mass is 336 g/mol. The Morgan fingerprint density at radius 2 is 2.00 bits per heavy atom. The highest BCUT2D eigenvalue weighted by Gasteiger charge is 2.14. The maximum absolute atomic E-state index is 13.6. The highest BCUT2D eigenvalue weighted by atomic mass is 79.9. The lowest BCUT2D eigenvalue weighted by Gasteiger charge is -2.11. The van der Waals surface area contributed by atoms with Crippen molar-refractivity contribution in [1.29, 1.82) is 0 Å². The third-order valence-corrected chi connectivity index (χ3v) is 3.79. The van der Waals surface area contributed by atoms with Crippen LogP contribution in [0.2, 0.25) is 0 Å². The molecule has 0 aromatic heterocycles. The second-order valence-electron chi connectivity index (χ2n) is 4.33. The summed E-state index contributed by atoms with van der Waals surface area (Å²) in [7, 11) is 1.58. The van der Waals surface area contributed by atoms with Crippen LogP contribution >= 0.6 is 15.9 Å². The van der Waals surface area contributed by atoms with E-state index >= 15 is 0 Å². The van der Waals surface area contributed by atoms with Crippen molar-refractivity contribution >= 4 is 33.2 Å². The molecular weight excluding hydrogens is 323 g/mol. The Bertz CT molecular complexity index is 658. The number of hydrogen-bond acceptors (Lipinski definition) is 2. The smallest absolute Gasteiger partial charge is 0.257 e. The average molecular weight is 337 g/mol. The van der Waals surface area contributed by atoms with Crippen molar-refractivity contribution in [2.75, 3.05) is 17.7 Å². The molecule has 1 amide bonds. The van der Waals surface area contributed by atoms with Gasteiger partial charge in [0.2, 0.25) is 0 Å². The number of aryl methyl sites for hydroxylation is 1. The molecule has 20 heavy (non-hydrogen) atoms. The van der Waals surface area contributed by atoms with Gasteiger partial charge in [0, 0.05) is 17.2 Å². The van der Waals surface area contributed by atoms with E-state index in [1.165, 1.54) is 12.1 Å². The normalized spacial score (nSPS) is 10.2. The average Bonchev–Trinajstić information content (AvgIpc) is 2.42. The van der Waals surface area contributed by atoms with E-state index in [0.29, 0.717) is 5.69 Å². The third kappa shape index (κ3) is 2.99. The van der Waals surface area contributed by atoms with Crippen LogP contribution in [0.5, 0.6) is 0 Å². The predicted molar refractivity (Wildman–Crippen MR) is 82.8 cm³/mol. The largest absolute Gasteiger partial charge is 0.385 e. The number of carbonyl (C=O) groups is 1. The van der Waals surface area contributed by atoms with E-state index in [-0.39, 0.29) is 17.2 Å². The summed E-state index contributed by atoms with van der Waals surface area (Å²) in [5, 5.41) is 5.46. The van der Waals surface area contributed by atoms with Crippen LogP contribution in [0.4, 0.5) is 15.8 Å². The second-order valence-corrected chi connectivity index (χ2v) is 5.18. The van der Waals surface area contributed by atoms with E-state index in [1.54, 1.807) is 19.2 Å². The van der Waals surface area contributed by atoms with Gasteiger partial charge in [-0.3, -0.25) is 4.79 Å². The Hall–Kier alpha value is -1.88. The first-order chi connectivity index (χ1) is 9.52. The summed E-state index contributed by atoms with van der Waals surface area (Å²) >= 11 is 3.41. The van der Waals surface area contributed by atoms with E-state index in [4.69, 9.17) is 0 Å². The van der Waals surface area contributed by atoms with Gasteiger partial charge in [-0.2, -0.15) is 0 Å². The number of benzene rings is 2. The third-order valence-electron chi connectivity index (χ3n) is 2.94. The van der Waals surface area contributed by atoms with Gasteiger partial charge >= 0.3 is 0 Å². The molecule has 0 spiro atoms. The van der Waals surface area contributed by atoms with Crippen molar-refractivity contribution in [1.82, 2.24) is 0 Å². The zero-order valence-corrected chi connectivity index (χ0v) is 12.7. The Kier molecular flexibility index (Phi) is 4.39. The molecule has 0 atom stereocenters. The summed E-state index contributed by atoms with van der Waals surface area (Å²) in [6.45, 7) is 1.96. The van der Waals surface area contributed by atoms with Gasteiger partial charge in [0.25, 0.3) is 5.91 Å². The van der Waals surface area contributed by atoms with Crippen LogP contribution in [0.3, 0.4) is 0 Å². The summed E-state index contributed by atoms with van der Waals surface area (Å²) < 4.78 is 14.5. The Morgan fingerprint density at radius 3 is 2.65 bits per heavy atom. The van der Waals surface area contributed by atoms with Crippen LogP contribution < -0.4 is 10.6 Å². The van der Waals surface area contributed by atoms with Gasteiger partial charge in [0.1, 0.15) is 5.82 Å². The summed E-state index contributed by atoms with van der Waals surface area (Å²) in [4.78, 5) is 12.2. The number of hydrogen-bond donors (Lipinski definition) is 2. The molecule has 0 bridgehead atoms. The first-order valence-electron chi connectivity index (χ1n) is 6.06. The lowest BCUT2D eigenvalue weighted by molar-refractivity contribution is 0.102. The molecule has 0 fully saturated rings. The van der Waals surface area contributed by atoms with E-state index in [0.717, 1.165) is 10.0 Å². The van der Waals surface area contributed by atoms with Crippen LogP contribution in [-0.4, -0.2) is 13.0 Å². The van der Waals surface area contributed by atoms with E-state index in [2.05, 4.69) is 26.6 Å². The lowest BCUT2D eigenvalue weighted by Crippen LogP contribution is -2.14. The molecule has 0 aliphatic rings. The zero-order valence-electron chi connectivity index (χ0n) is 11.1. The molecule has 0 radical (unpaired) electrons. The fraction of sp³-hybridized carbons (Fsp3) is 0.133. The van der Waals surface area contributed by atoms with Gasteiger partial charge < -0.3 is 10.6 Å². The van der Waals surface area contributed by atoms with Crippen LogP contribution in [0, 0.1) is 12.7 Å². The number of rotatable bonds is 3. The van der Waals surface area contributed by atoms with Crippen molar-refractivity contribution in [2.45, 2.75) is 6.92 Å². The second kappa shape index (κ2) is 6.05. The molecule has 0 heterocycles. The summed E-state index contributed by atoms with van der Waals surface area (Å²) in [6, 6.07) is 9.90. The van der Waals surface area contributed by atoms with Crippen molar-refractivity contribution in [3.63, 3.8) is 0 Å². The number of anilines is 2. The summed E-state index contributed by atoms with van der Waals surface area (Å²) in [5.41, 5.74) is 2.18. The van der Waals surface area contributed by atoms with Crippen molar-refractivity contribution in [3.8, 4) is 0 Å². The van der Waals surface area contributed by atoms with E-state index < -0.39 is 5.82 Å². The van der Waals surface area contributed by atoms with Crippen LogP contribution in [0.15, 0.2) is 40.9 Å². The van der Waals surface area contributed by atoms with Gasteiger partial charge in [-0.1, -0.05) is 28.1 Å². The Morgan fingerprint density at radius 1 is 1.25 bits per heavy atom. The van der Waals surface area contributed by atoms with E-state index in [9.17, 15) is 9.18 Å². The SMILES string of the molecule is CNc1c(F)cccc1C(=O)Nc1ccc(C)c(Br)c1. The highest BCUT2D eigenvalue weighted by molar-refractivity contribution is 9.10. The predicted octanol–water partition coefficient (Wildman–Crippen LogP) is 4.19. The minimum Gasteiger partial charge on any atom is -0.385 e. The lowest BCUT2D eigenvalue weighted by atomic mass is 10.1. The van der Waals surface area contributed by atoms with Crippen molar-refractivity contribution in [2.24, 2.45) is 0 Å². The number of amides is 1. The Labute approximate surface area is 125 Å². The first-order valence-corrected chi connectivity index (χ1v) is 6.86. The number of halogens is 2. The fourth-order valence-electron chi connectivity index (χ4n) is 1.84. The molecule has 0 unspecified atom stereocenters. The summed E-state index contributed by atoms with van der Waals surface area (Å²) in [5.74, 6) is -0.810. The van der Waals surface area contributed by atoms with Gasteiger partial charge in [0.15, 0.2) is 0 Å². The maximum Gasteiger partial charge on any atom is 0.257 e. The first kappa shape index (κ1) is 14.5. The van der Waals surface area contributed by atoms with E-state index in [1.807, 2.05) is 19.1 Å². The number of nitrogens with one attached hydrogen (secondary N) is 2. The van der Waals surface area contributed by atoms with Crippen molar-refractivity contribution < 1.29 is 9.18 Å². The molecule has 0 saturated carbocycles. The number of para-hydroxylation sites is 1. The molecule has 3 nitrogen and oxygen atoms in total. The molecule has 2 aromatic rings. The van der Waals surface area contributed by atoms with Crippen LogP contribution in [0.1, 0.15) is 15.9 Å². The van der Waals surface area contributed by atoms with Gasteiger partial charge in [-0.05, 0) is 36.8 Å². The molecule has 0 saturated heterocycles. The molecule has 104 valence electrons. The minimum absolute atomic E-state index is 0.191.